The predicted molar refractivity (Wildman–Crippen MR) is 74.1 cm³/mol. The molecule has 3 aromatic rings. The number of carbonyl (C=O) groups is 1. The zero-order valence-electron chi connectivity index (χ0n) is 10.8. The third kappa shape index (κ3) is 2.94. The minimum atomic E-state index is -0.404. The van der Waals surface area contributed by atoms with E-state index in [9.17, 15) is 9.18 Å². The smallest absolute Gasteiger partial charge is 0.258 e. The van der Waals surface area contributed by atoms with Gasteiger partial charge in [0.2, 0.25) is 5.88 Å². The Bertz CT molecular complexity index is 754. The Morgan fingerprint density at radius 2 is 1.90 bits per heavy atom. The number of hydrogen-bond acceptors (Lipinski definition) is 4. The average molecular weight is 283 g/mol. The topological polar surface area (TPSA) is 68.0 Å². The molecule has 6 heteroatoms. The first kappa shape index (κ1) is 13.0. The van der Waals surface area contributed by atoms with Crippen LogP contribution in [0.15, 0.2) is 59.3 Å². The summed E-state index contributed by atoms with van der Waals surface area (Å²) in [7, 11) is 0. The summed E-state index contributed by atoms with van der Waals surface area (Å²) in [4.78, 5) is 16.1. The van der Waals surface area contributed by atoms with Gasteiger partial charge in [-0.1, -0.05) is 11.2 Å². The van der Waals surface area contributed by atoms with E-state index < -0.39 is 11.7 Å². The largest absolute Gasteiger partial charge is 0.338 e. The van der Waals surface area contributed by atoms with Crippen LogP contribution in [0.3, 0.4) is 0 Å². The standard InChI is InChI=1S/C15H10FN3O2/c16-11-6-4-10(5-7-11)15(20)18-14-9-13(19-21-14)12-3-1-2-8-17-12/h1-9H,(H,18,20). The van der Waals surface area contributed by atoms with Gasteiger partial charge >= 0.3 is 0 Å². The van der Waals surface area contributed by atoms with Crippen LogP contribution in [-0.4, -0.2) is 16.0 Å². The second kappa shape index (κ2) is 5.54. The van der Waals surface area contributed by atoms with Gasteiger partial charge in [-0.05, 0) is 36.4 Å². The maximum absolute atomic E-state index is 12.8. The van der Waals surface area contributed by atoms with Gasteiger partial charge in [-0.15, -0.1) is 0 Å². The third-order valence-electron chi connectivity index (χ3n) is 2.78. The lowest BCUT2D eigenvalue weighted by Gasteiger charge is -2.00. The molecule has 0 unspecified atom stereocenters. The summed E-state index contributed by atoms with van der Waals surface area (Å²) in [6, 6.07) is 12.2. The lowest BCUT2D eigenvalue weighted by atomic mass is 10.2. The third-order valence-corrected chi connectivity index (χ3v) is 2.78. The number of halogens is 1. The number of aromatic nitrogens is 2. The van der Waals surface area contributed by atoms with Crippen molar-refractivity contribution < 1.29 is 13.7 Å². The summed E-state index contributed by atoms with van der Waals surface area (Å²) >= 11 is 0. The molecule has 0 radical (unpaired) electrons. The van der Waals surface area contributed by atoms with Gasteiger partial charge in [0.15, 0.2) is 0 Å². The second-order valence-electron chi connectivity index (χ2n) is 4.25. The van der Waals surface area contributed by atoms with Crippen LogP contribution in [0, 0.1) is 5.82 Å². The highest BCUT2D eigenvalue weighted by Crippen LogP contribution is 2.19. The number of rotatable bonds is 3. The number of nitrogens with one attached hydrogen (secondary N) is 1. The summed E-state index contributed by atoms with van der Waals surface area (Å²) < 4.78 is 17.8. The maximum atomic E-state index is 12.8. The van der Waals surface area contributed by atoms with Crippen molar-refractivity contribution in [3.63, 3.8) is 0 Å². The average Bonchev–Trinajstić information content (AvgIpc) is 2.97. The van der Waals surface area contributed by atoms with E-state index in [0.29, 0.717) is 17.0 Å². The Hall–Kier alpha value is -3.02. The van der Waals surface area contributed by atoms with Crippen LogP contribution in [0.4, 0.5) is 10.3 Å². The number of carbonyl (C=O) groups excluding carboxylic acids is 1. The van der Waals surface area contributed by atoms with Gasteiger partial charge in [-0.25, -0.2) is 4.39 Å². The van der Waals surface area contributed by atoms with Gasteiger partial charge in [0.25, 0.3) is 5.91 Å². The van der Waals surface area contributed by atoms with Crippen molar-refractivity contribution >= 4 is 11.8 Å². The van der Waals surface area contributed by atoms with E-state index in [1.54, 1.807) is 24.4 Å². The van der Waals surface area contributed by atoms with Crippen LogP contribution >= 0.6 is 0 Å². The molecule has 5 nitrogen and oxygen atoms in total. The minimum Gasteiger partial charge on any atom is -0.338 e. The molecule has 0 fully saturated rings. The van der Waals surface area contributed by atoms with Crippen LogP contribution in [0.5, 0.6) is 0 Å². The summed E-state index contributed by atoms with van der Waals surface area (Å²) in [5, 5.41) is 6.38. The van der Waals surface area contributed by atoms with Crippen LogP contribution in [0.2, 0.25) is 0 Å². The molecule has 21 heavy (non-hydrogen) atoms. The van der Waals surface area contributed by atoms with Crippen molar-refractivity contribution in [3.05, 3.63) is 66.1 Å². The van der Waals surface area contributed by atoms with Crippen molar-refractivity contribution in [3.8, 4) is 11.4 Å². The lowest BCUT2D eigenvalue weighted by molar-refractivity contribution is 0.102. The molecule has 2 heterocycles. The fourth-order valence-corrected chi connectivity index (χ4v) is 1.75. The highest BCUT2D eigenvalue weighted by atomic mass is 19.1. The molecule has 1 aromatic carbocycles. The summed E-state index contributed by atoms with van der Waals surface area (Å²) in [6.07, 6.45) is 1.64. The zero-order chi connectivity index (χ0) is 14.7. The molecule has 0 spiro atoms. The molecule has 0 aliphatic carbocycles. The van der Waals surface area contributed by atoms with Gasteiger partial charge in [0, 0.05) is 17.8 Å². The molecule has 3 rings (SSSR count). The molecule has 1 amide bonds. The second-order valence-corrected chi connectivity index (χ2v) is 4.25. The van der Waals surface area contributed by atoms with E-state index in [1.807, 2.05) is 6.07 Å². The van der Waals surface area contributed by atoms with Gasteiger partial charge in [-0.2, -0.15) is 0 Å². The van der Waals surface area contributed by atoms with Crippen molar-refractivity contribution in [2.45, 2.75) is 0 Å². The summed E-state index contributed by atoms with van der Waals surface area (Å²) in [5.41, 5.74) is 1.49. The fraction of sp³-hybridized carbons (Fsp3) is 0. The van der Waals surface area contributed by atoms with Gasteiger partial charge in [0.1, 0.15) is 11.5 Å². The minimum absolute atomic E-state index is 0.199. The lowest BCUT2D eigenvalue weighted by Crippen LogP contribution is -2.11. The molecular formula is C15H10FN3O2. The molecule has 104 valence electrons. The molecule has 0 aliphatic heterocycles. The van der Waals surface area contributed by atoms with Crippen molar-refractivity contribution in [1.29, 1.82) is 0 Å². The van der Waals surface area contributed by atoms with Crippen LogP contribution in [0.1, 0.15) is 10.4 Å². The highest BCUT2D eigenvalue weighted by molar-refractivity contribution is 6.03. The Morgan fingerprint density at radius 1 is 1.10 bits per heavy atom. The number of pyridine rings is 1. The molecule has 0 saturated heterocycles. The monoisotopic (exact) mass is 283 g/mol. The summed E-state index contributed by atoms with van der Waals surface area (Å²) in [6.45, 7) is 0. The van der Waals surface area contributed by atoms with E-state index in [0.717, 1.165) is 0 Å². The zero-order valence-corrected chi connectivity index (χ0v) is 10.8. The van der Waals surface area contributed by atoms with E-state index in [1.165, 1.54) is 24.3 Å². The quantitative estimate of drug-likeness (QED) is 0.801. The van der Waals surface area contributed by atoms with Crippen molar-refractivity contribution in [1.82, 2.24) is 10.1 Å². The Morgan fingerprint density at radius 3 is 2.62 bits per heavy atom. The van der Waals surface area contributed by atoms with Crippen molar-refractivity contribution in [2.24, 2.45) is 0 Å². The normalized spacial score (nSPS) is 10.3. The molecule has 0 saturated carbocycles. The summed E-state index contributed by atoms with van der Waals surface area (Å²) in [5.74, 6) is -0.604. The van der Waals surface area contributed by atoms with Crippen LogP contribution in [-0.2, 0) is 0 Å². The molecular weight excluding hydrogens is 273 g/mol. The number of nitrogens with zero attached hydrogens (tertiary/aromatic N) is 2. The van der Waals surface area contributed by atoms with Crippen LogP contribution in [0.25, 0.3) is 11.4 Å². The number of amides is 1. The first-order valence-corrected chi connectivity index (χ1v) is 6.17. The molecule has 0 bridgehead atoms. The number of anilines is 1. The fourth-order valence-electron chi connectivity index (χ4n) is 1.75. The van der Waals surface area contributed by atoms with Crippen LogP contribution < -0.4 is 5.32 Å². The Kier molecular flexibility index (Phi) is 3.42. The Balaban J connectivity index is 1.75. The van der Waals surface area contributed by atoms with E-state index in [-0.39, 0.29) is 5.88 Å². The van der Waals surface area contributed by atoms with E-state index >= 15 is 0 Å². The first-order valence-electron chi connectivity index (χ1n) is 6.17. The number of hydrogen-bond donors (Lipinski definition) is 1. The molecule has 0 atom stereocenters. The van der Waals surface area contributed by atoms with E-state index in [4.69, 9.17) is 4.52 Å². The Labute approximate surface area is 119 Å². The van der Waals surface area contributed by atoms with Gasteiger partial charge in [0.05, 0.1) is 5.69 Å². The van der Waals surface area contributed by atoms with Gasteiger partial charge in [-0.3, -0.25) is 15.1 Å². The molecule has 2 aromatic heterocycles. The van der Waals surface area contributed by atoms with Gasteiger partial charge < -0.3 is 4.52 Å². The first-order chi connectivity index (χ1) is 10.2. The van der Waals surface area contributed by atoms with Crippen molar-refractivity contribution in [2.75, 3.05) is 5.32 Å². The highest BCUT2D eigenvalue weighted by Gasteiger charge is 2.11. The molecule has 0 aliphatic rings. The van der Waals surface area contributed by atoms with E-state index in [2.05, 4.69) is 15.5 Å². The maximum Gasteiger partial charge on any atom is 0.258 e. The SMILES string of the molecule is O=C(Nc1cc(-c2ccccn2)no1)c1ccc(F)cc1. The number of benzene rings is 1. The molecule has 1 N–H and O–H groups in total. The predicted octanol–water partition coefficient (Wildman–Crippen LogP) is 3.13.